The smallest absolute Gasteiger partial charge is 0.244 e. The van der Waals surface area contributed by atoms with E-state index in [9.17, 15) is 18.0 Å². The van der Waals surface area contributed by atoms with Crippen LogP contribution in [-0.4, -0.2) is 62.7 Å². The molecule has 43 heavy (non-hydrogen) atoms. The maximum Gasteiger partial charge on any atom is 0.244 e. The van der Waals surface area contributed by atoms with E-state index in [-0.39, 0.29) is 36.4 Å². The van der Waals surface area contributed by atoms with Crippen molar-refractivity contribution in [3.8, 4) is 11.5 Å². The number of rotatable bonds is 13. The van der Waals surface area contributed by atoms with Gasteiger partial charge in [-0.2, -0.15) is 0 Å². The van der Waals surface area contributed by atoms with Crippen molar-refractivity contribution in [1.82, 2.24) is 10.2 Å². The molecule has 4 rings (SSSR count). The molecule has 0 aromatic heterocycles. The molecule has 1 aliphatic heterocycles. The number of carbonyl (C=O) groups is 2. The summed E-state index contributed by atoms with van der Waals surface area (Å²) in [4.78, 5) is 29.5. The molecule has 1 heterocycles. The Labute approximate surface area is 258 Å². The molecule has 9 nitrogen and oxygen atoms in total. The fourth-order valence-corrected chi connectivity index (χ4v) is 5.87. The van der Waals surface area contributed by atoms with Crippen LogP contribution in [0.3, 0.4) is 0 Å². The van der Waals surface area contributed by atoms with Crippen LogP contribution in [0.2, 0.25) is 5.02 Å². The Bertz CT molecular complexity index is 1500. The first-order chi connectivity index (χ1) is 20.6. The van der Waals surface area contributed by atoms with E-state index in [1.165, 1.54) is 11.8 Å². The van der Waals surface area contributed by atoms with Gasteiger partial charge in [-0.05, 0) is 55.7 Å². The molecule has 1 N–H and O–H groups in total. The van der Waals surface area contributed by atoms with E-state index in [1.807, 2.05) is 44.2 Å². The molecule has 0 saturated heterocycles. The molecular weight excluding hydrogens is 590 g/mol. The van der Waals surface area contributed by atoms with Gasteiger partial charge in [-0.25, -0.2) is 8.42 Å². The van der Waals surface area contributed by atoms with E-state index < -0.39 is 28.5 Å². The first kappa shape index (κ1) is 32.2. The lowest BCUT2D eigenvalue weighted by Gasteiger charge is -2.34. The maximum atomic E-state index is 14.3. The van der Waals surface area contributed by atoms with Crippen LogP contribution in [0.5, 0.6) is 11.5 Å². The predicted octanol–water partition coefficient (Wildman–Crippen LogP) is 4.82. The number of ether oxygens (including phenoxy) is 2. The highest BCUT2D eigenvalue weighted by Crippen LogP contribution is 2.35. The van der Waals surface area contributed by atoms with Crippen LogP contribution in [0, 0.1) is 0 Å². The summed E-state index contributed by atoms with van der Waals surface area (Å²) in [5, 5.41) is 3.56. The number of sulfonamides is 1. The first-order valence-corrected chi connectivity index (χ1v) is 16.4. The maximum absolute atomic E-state index is 14.3. The number of nitrogens with zero attached hydrogens (tertiary/aromatic N) is 2. The monoisotopic (exact) mass is 627 g/mol. The van der Waals surface area contributed by atoms with Crippen molar-refractivity contribution in [3.63, 3.8) is 0 Å². The summed E-state index contributed by atoms with van der Waals surface area (Å²) in [5.74, 6) is -0.162. The second kappa shape index (κ2) is 14.6. The average Bonchev–Trinajstić information content (AvgIpc) is 3.02. The highest BCUT2D eigenvalue weighted by Gasteiger charge is 2.34. The number of nitrogens with one attached hydrogen (secondary N) is 1. The fourth-order valence-electron chi connectivity index (χ4n) is 4.69. The summed E-state index contributed by atoms with van der Waals surface area (Å²) in [6.07, 6.45) is 0.953. The summed E-state index contributed by atoms with van der Waals surface area (Å²) in [7, 11) is -3.90. The van der Waals surface area contributed by atoms with Gasteiger partial charge in [-0.3, -0.25) is 13.9 Å². The van der Waals surface area contributed by atoms with E-state index in [1.54, 1.807) is 42.5 Å². The van der Waals surface area contributed by atoms with E-state index in [0.29, 0.717) is 36.2 Å². The Hall–Kier alpha value is -3.76. The molecule has 2 amide bonds. The summed E-state index contributed by atoms with van der Waals surface area (Å²) in [5.41, 5.74) is 1.89. The summed E-state index contributed by atoms with van der Waals surface area (Å²) < 4.78 is 39.1. The van der Waals surface area contributed by atoms with E-state index >= 15 is 0 Å². The Morgan fingerprint density at radius 3 is 2.26 bits per heavy atom. The third-order valence-electron chi connectivity index (χ3n) is 7.33. The molecule has 0 radical (unpaired) electrons. The van der Waals surface area contributed by atoms with Gasteiger partial charge in [-0.1, -0.05) is 61.0 Å². The molecule has 3 aromatic rings. The van der Waals surface area contributed by atoms with Gasteiger partial charge in [0.05, 0.1) is 11.4 Å². The lowest BCUT2D eigenvalue weighted by molar-refractivity contribution is -0.140. The van der Waals surface area contributed by atoms with Gasteiger partial charge in [0.2, 0.25) is 21.8 Å². The minimum atomic E-state index is -3.90. The molecule has 0 unspecified atom stereocenters. The topological polar surface area (TPSA) is 105 Å². The SMILES string of the molecule is CC[C@H](C)NC(=O)[C@H](Cc1ccccc1)N(Cc1ccc(Cl)cc1)C(=O)CN(c1ccc2c(c1)OCCO2)S(=O)(=O)CC. The van der Waals surface area contributed by atoms with Crippen molar-refractivity contribution in [1.29, 1.82) is 0 Å². The number of amides is 2. The normalized spacial score (nSPS) is 14.0. The zero-order valence-corrected chi connectivity index (χ0v) is 26.2. The molecule has 1 aliphatic rings. The number of hydrogen-bond acceptors (Lipinski definition) is 6. The lowest BCUT2D eigenvalue weighted by atomic mass is 10.0. The average molecular weight is 628 g/mol. The molecule has 0 bridgehead atoms. The summed E-state index contributed by atoms with van der Waals surface area (Å²) >= 11 is 6.12. The Balaban J connectivity index is 1.75. The fraction of sp³-hybridized carbons (Fsp3) is 0.375. The minimum absolute atomic E-state index is 0.0720. The first-order valence-electron chi connectivity index (χ1n) is 14.4. The van der Waals surface area contributed by atoms with E-state index in [0.717, 1.165) is 15.4 Å². The number of fused-ring (bicyclic) bond motifs is 1. The molecule has 0 aliphatic carbocycles. The van der Waals surface area contributed by atoms with Crippen LogP contribution in [-0.2, 0) is 32.6 Å². The second-order valence-corrected chi connectivity index (χ2v) is 13.0. The second-order valence-electron chi connectivity index (χ2n) is 10.4. The van der Waals surface area contributed by atoms with Crippen molar-refractivity contribution in [2.45, 2.75) is 52.2 Å². The third kappa shape index (κ3) is 8.42. The molecule has 0 spiro atoms. The largest absolute Gasteiger partial charge is 0.486 e. The van der Waals surface area contributed by atoms with Crippen molar-refractivity contribution < 1.29 is 27.5 Å². The third-order valence-corrected chi connectivity index (χ3v) is 9.32. The van der Waals surface area contributed by atoms with Gasteiger partial charge in [0.25, 0.3) is 0 Å². The van der Waals surface area contributed by atoms with Gasteiger partial charge in [0, 0.05) is 30.1 Å². The Morgan fingerprint density at radius 2 is 1.60 bits per heavy atom. The number of carbonyl (C=O) groups excluding carboxylic acids is 2. The van der Waals surface area contributed by atoms with Gasteiger partial charge < -0.3 is 19.7 Å². The molecule has 0 fully saturated rings. The highest BCUT2D eigenvalue weighted by atomic mass is 35.5. The van der Waals surface area contributed by atoms with Crippen LogP contribution >= 0.6 is 11.6 Å². The van der Waals surface area contributed by atoms with Crippen LogP contribution in [0.25, 0.3) is 0 Å². The minimum Gasteiger partial charge on any atom is -0.486 e. The van der Waals surface area contributed by atoms with Crippen molar-refractivity contribution >= 4 is 39.1 Å². The van der Waals surface area contributed by atoms with Gasteiger partial charge >= 0.3 is 0 Å². The van der Waals surface area contributed by atoms with Crippen LogP contribution in [0.1, 0.15) is 38.3 Å². The number of benzene rings is 3. The van der Waals surface area contributed by atoms with E-state index in [4.69, 9.17) is 21.1 Å². The lowest BCUT2D eigenvalue weighted by Crippen LogP contribution is -2.54. The molecular formula is C32H38ClN3O6S. The van der Waals surface area contributed by atoms with Crippen LogP contribution in [0.15, 0.2) is 72.8 Å². The standard InChI is InChI=1S/C32H38ClN3O6S/c1-4-23(3)34-32(38)28(19-24-9-7-6-8-10-24)35(21-25-11-13-26(33)14-12-25)31(37)22-36(43(39,40)5-2)27-15-16-29-30(20-27)42-18-17-41-29/h6-16,20,23,28H,4-5,17-19,21-22H2,1-3H3,(H,34,38)/t23-,28-/m0/s1. The van der Waals surface area contributed by atoms with Crippen molar-refractivity contribution in [2.24, 2.45) is 0 Å². The molecule has 0 saturated carbocycles. The van der Waals surface area contributed by atoms with Crippen molar-refractivity contribution in [2.75, 3.05) is 29.8 Å². The Morgan fingerprint density at radius 1 is 0.930 bits per heavy atom. The van der Waals surface area contributed by atoms with Crippen LogP contribution in [0.4, 0.5) is 5.69 Å². The quantitative estimate of drug-likeness (QED) is 0.291. The predicted molar refractivity (Wildman–Crippen MR) is 168 cm³/mol. The Kier molecular flexibility index (Phi) is 10.9. The number of halogens is 1. The molecule has 230 valence electrons. The van der Waals surface area contributed by atoms with E-state index in [2.05, 4.69) is 5.32 Å². The molecule has 2 atom stereocenters. The van der Waals surface area contributed by atoms with Gasteiger partial charge in [0.15, 0.2) is 11.5 Å². The number of hydrogen-bond donors (Lipinski definition) is 1. The van der Waals surface area contributed by atoms with Crippen molar-refractivity contribution in [3.05, 3.63) is 88.9 Å². The molecule has 3 aromatic carbocycles. The van der Waals surface area contributed by atoms with Crippen LogP contribution < -0.4 is 19.1 Å². The number of anilines is 1. The van der Waals surface area contributed by atoms with Gasteiger partial charge in [-0.15, -0.1) is 0 Å². The van der Waals surface area contributed by atoms with Gasteiger partial charge in [0.1, 0.15) is 25.8 Å². The zero-order valence-electron chi connectivity index (χ0n) is 24.7. The summed E-state index contributed by atoms with van der Waals surface area (Å²) in [6, 6.07) is 20.2. The molecule has 11 heteroatoms. The summed E-state index contributed by atoms with van der Waals surface area (Å²) in [6.45, 7) is 5.68. The highest BCUT2D eigenvalue weighted by molar-refractivity contribution is 7.92. The zero-order chi connectivity index (χ0) is 31.0.